The number of nitrogens with zero attached hydrogens (tertiary/aromatic N) is 1. The predicted octanol–water partition coefficient (Wildman–Crippen LogP) is 3.59. The second-order valence-corrected chi connectivity index (χ2v) is 6.93. The number of likely N-dealkylation sites (tertiary alicyclic amines) is 1. The Labute approximate surface area is 123 Å². The molecule has 0 bridgehead atoms. The average molecular weight is 275 g/mol. The highest BCUT2D eigenvalue weighted by Gasteiger charge is 2.32. The van der Waals surface area contributed by atoms with E-state index in [0.717, 1.165) is 32.4 Å². The van der Waals surface area contributed by atoms with Gasteiger partial charge in [-0.3, -0.25) is 0 Å². The standard InChI is InChI=1S/C18H29NO/c1-14(2)17-7-5-16(6-8-17)13-18(20)9-11-19(12-10-18)15(3)4/h5-8,14-15,20H,9-13H2,1-4H3. The zero-order valence-electron chi connectivity index (χ0n) is 13.4. The molecule has 0 aliphatic carbocycles. The maximum atomic E-state index is 10.8. The third-order valence-electron chi connectivity index (χ3n) is 4.64. The molecule has 0 spiro atoms. The van der Waals surface area contributed by atoms with Crippen molar-refractivity contribution in [2.24, 2.45) is 0 Å². The Hall–Kier alpha value is -0.860. The first kappa shape index (κ1) is 15.5. The summed E-state index contributed by atoms with van der Waals surface area (Å²) in [6.07, 6.45) is 2.56. The summed E-state index contributed by atoms with van der Waals surface area (Å²) in [7, 11) is 0. The number of benzene rings is 1. The van der Waals surface area contributed by atoms with Crippen LogP contribution in [0.4, 0.5) is 0 Å². The van der Waals surface area contributed by atoms with Crippen LogP contribution in [0.3, 0.4) is 0 Å². The van der Waals surface area contributed by atoms with E-state index in [1.54, 1.807) is 0 Å². The first-order chi connectivity index (χ1) is 9.39. The van der Waals surface area contributed by atoms with Gasteiger partial charge in [-0.15, -0.1) is 0 Å². The molecule has 2 nitrogen and oxygen atoms in total. The molecule has 1 aromatic carbocycles. The third-order valence-corrected chi connectivity index (χ3v) is 4.64. The topological polar surface area (TPSA) is 23.5 Å². The lowest BCUT2D eigenvalue weighted by atomic mass is 9.84. The van der Waals surface area contributed by atoms with Crippen LogP contribution in [0.5, 0.6) is 0 Å². The number of rotatable bonds is 4. The summed E-state index contributed by atoms with van der Waals surface area (Å²) in [5.41, 5.74) is 2.12. The Bertz CT molecular complexity index is 414. The van der Waals surface area contributed by atoms with Crippen molar-refractivity contribution in [2.75, 3.05) is 13.1 Å². The van der Waals surface area contributed by atoms with Gasteiger partial charge in [0.2, 0.25) is 0 Å². The van der Waals surface area contributed by atoms with Crippen LogP contribution in [0.25, 0.3) is 0 Å². The molecule has 2 rings (SSSR count). The second kappa shape index (κ2) is 6.28. The van der Waals surface area contributed by atoms with Crippen LogP contribution in [0.1, 0.15) is 57.6 Å². The largest absolute Gasteiger partial charge is 0.389 e. The van der Waals surface area contributed by atoms with Crippen LogP contribution in [0.15, 0.2) is 24.3 Å². The second-order valence-electron chi connectivity index (χ2n) is 6.93. The van der Waals surface area contributed by atoms with Crippen LogP contribution in [-0.2, 0) is 6.42 Å². The predicted molar refractivity (Wildman–Crippen MR) is 85.1 cm³/mol. The van der Waals surface area contributed by atoms with E-state index in [1.807, 2.05) is 0 Å². The average Bonchev–Trinajstić information content (AvgIpc) is 2.39. The molecule has 1 aliphatic rings. The van der Waals surface area contributed by atoms with Crippen molar-refractivity contribution >= 4 is 0 Å². The first-order valence-electron chi connectivity index (χ1n) is 7.95. The third kappa shape index (κ3) is 3.83. The molecule has 20 heavy (non-hydrogen) atoms. The summed E-state index contributed by atoms with van der Waals surface area (Å²) in [5, 5.41) is 10.8. The normalized spacial score (nSPS) is 19.8. The quantitative estimate of drug-likeness (QED) is 0.907. The maximum Gasteiger partial charge on any atom is 0.0712 e. The fourth-order valence-corrected chi connectivity index (χ4v) is 3.03. The van der Waals surface area contributed by atoms with Crippen molar-refractivity contribution < 1.29 is 5.11 Å². The molecule has 0 amide bonds. The molecule has 0 aromatic heterocycles. The van der Waals surface area contributed by atoms with Crippen molar-refractivity contribution in [3.63, 3.8) is 0 Å². The molecule has 0 unspecified atom stereocenters. The van der Waals surface area contributed by atoms with Gasteiger partial charge in [0.25, 0.3) is 0 Å². The van der Waals surface area contributed by atoms with E-state index in [9.17, 15) is 5.11 Å². The lowest BCUT2D eigenvalue weighted by molar-refractivity contribution is -0.0271. The van der Waals surface area contributed by atoms with Crippen LogP contribution in [-0.4, -0.2) is 34.7 Å². The highest BCUT2D eigenvalue weighted by atomic mass is 16.3. The molecule has 1 fully saturated rings. The van der Waals surface area contributed by atoms with Gasteiger partial charge in [-0.1, -0.05) is 38.1 Å². The number of hydrogen-bond acceptors (Lipinski definition) is 2. The van der Waals surface area contributed by atoms with Gasteiger partial charge in [-0.25, -0.2) is 0 Å². The van der Waals surface area contributed by atoms with E-state index in [2.05, 4.69) is 56.9 Å². The summed E-state index contributed by atoms with van der Waals surface area (Å²) in [4.78, 5) is 2.45. The van der Waals surface area contributed by atoms with Crippen molar-refractivity contribution in [3.8, 4) is 0 Å². The summed E-state index contributed by atoms with van der Waals surface area (Å²) in [6, 6.07) is 9.36. The molecule has 0 radical (unpaired) electrons. The van der Waals surface area contributed by atoms with E-state index in [0.29, 0.717) is 12.0 Å². The number of piperidine rings is 1. The van der Waals surface area contributed by atoms with Crippen LogP contribution < -0.4 is 0 Å². The molecule has 1 N–H and O–H groups in total. The molecule has 0 saturated carbocycles. The molecular weight excluding hydrogens is 246 g/mol. The molecule has 1 heterocycles. The van der Waals surface area contributed by atoms with Gasteiger partial charge in [0.05, 0.1) is 5.60 Å². The van der Waals surface area contributed by atoms with Crippen LogP contribution >= 0.6 is 0 Å². The minimum Gasteiger partial charge on any atom is -0.389 e. The minimum absolute atomic E-state index is 0.509. The fraction of sp³-hybridized carbons (Fsp3) is 0.667. The Kier molecular flexibility index (Phi) is 4.87. The fourth-order valence-electron chi connectivity index (χ4n) is 3.03. The van der Waals surface area contributed by atoms with E-state index in [4.69, 9.17) is 0 Å². The van der Waals surface area contributed by atoms with Gasteiger partial charge in [-0.2, -0.15) is 0 Å². The SMILES string of the molecule is CC(C)c1ccc(CC2(O)CCN(C(C)C)CC2)cc1. The lowest BCUT2D eigenvalue weighted by Gasteiger charge is -2.40. The van der Waals surface area contributed by atoms with Crippen molar-refractivity contribution in [2.45, 2.75) is 64.5 Å². The van der Waals surface area contributed by atoms with Gasteiger partial charge in [0.15, 0.2) is 0 Å². The van der Waals surface area contributed by atoms with E-state index < -0.39 is 5.60 Å². The van der Waals surface area contributed by atoms with Gasteiger partial charge in [0.1, 0.15) is 0 Å². The van der Waals surface area contributed by atoms with Crippen molar-refractivity contribution in [1.82, 2.24) is 4.90 Å². The first-order valence-corrected chi connectivity index (χ1v) is 7.95. The number of hydrogen-bond donors (Lipinski definition) is 1. The zero-order chi connectivity index (χ0) is 14.8. The molecule has 1 aliphatic heterocycles. The molecule has 0 atom stereocenters. The highest BCUT2D eigenvalue weighted by molar-refractivity contribution is 5.26. The molecular formula is C18H29NO. The van der Waals surface area contributed by atoms with E-state index >= 15 is 0 Å². The molecule has 1 aromatic rings. The maximum absolute atomic E-state index is 10.8. The van der Waals surface area contributed by atoms with Gasteiger partial charge >= 0.3 is 0 Å². The summed E-state index contributed by atoms with van der Waals surface area (Å²) >= 11 is 0. The Balaban J connectivity index is 1.96. The van der Waals surface area contributed by atoms with E-state index in [-0.39, 0.29) is 0 Å². The molecule has 1 saturated heterocycles. The summed E-state index contributed by atoms with van der Waals surface area (Å²) < 4.78 is 0. The number of aliphatic hydroxyl groups is 1. The van der Waals surface area contributed by atoms with Gasteiger partial charge < -0.3 is 10.0 Å². The van der Waals surface area contributed by atoms with Crippen LogP contribution in [0.2, 0.25) is 0 Å². The smallest absolute Gasteiger partial charge is 0.0712 e. The Morgan fingerprint density at radius 3 is 2.05 bits per heavy atom. The molecule has 2 heteroatoms. The van der Waals surface area contributed by atoms with Gasteiger partial charge in [0, 0.05) is 25.6 Å². The highest BCUT2D eigenvalue weighted by Crippen LogP contribution is 2.27. The zero-order valence-corrected chi connectivity index (χ0v) is 13.4. The van der Waals surface area contributed by atoms with E-state index in [1.165, 1.54) is 11.1 Å². The summed E-state index contributed by atoms with van der Waals surface area (Å²) in [6.45, 7) is 10.9. The monoisotopic (exact) mass is 275 g/mol. The Morgan fingerprint density at radius 2 is 1.60 bits per heavy atom. The van der Waals surface area contributed by atoms with Crippen LogP contribution in [0, 0.1) is 0 Å². The van der Waals surface area contributed by atoms with Gasteiger partial charge in [-0.05, 0) is 43.7 Å². The van der Waals surface area contributed by atoms with Crippen molar-refractivity contribution in [1.29, 1.82) is 0 Å². The lowest BCUT2D eigenvalue weighted by Crippen LogP contribution is -2.47. The summed E-state index contributed by atoms with van der Waals surface area (Å²) in [5.74, 6) is 0.571. The molecule has 112 valence electrons. The van der Waals surface area contributed by atoms with Crippen molar-refractivity contribution in [3.05, 3.63) is 35.4 Å². The Morgan fingerprint density at radius 1 is 1.05 bits per heavy atom. The minimum atomic E-state index is -0.509.